The summed E-state index contributed by atoms with van der Waals surface area (Å²) in [4.78, 5) is 0. The van der Waals surface area contributed by atoms with E-state index in [0.717, 1.165) is 0 Å². The second-order valence-electron chi connectivity index (χ2n) is 3.66. The Morgan fingerprint density at radius 2 is 1.89 bits per heavy atom. The predicted octanol–water partition coefficient (Wildman–Crippen LogP) is 2.91. The first-order chi connectivity index (χ1) is 4.02. The maximum Gasteiger partial charge on any atom is -0.00251 e. The third kappa shape index (κ3) is 1.46. The molecule has 0 amide bonds. The second-order valence-corrected chi connectivity index (χ2v) is 3.66. The van der Waals surface area contributed by atoms with Gasteiger partial charge in [0.15, 0.2) is 0 Å². The molecule has 0 unspecified atom stereocenters. The molecule has 0 aliphatic heterocycles. The van der Waals surface area contributed by atoms with Crippen molar-refractivity contribution in [2.45, 2.75) is 34.1 Å². The highest BCUT2D eigenvalue weighted by Gasteiger charge is 2.38. The van der Waals surface area contributed by atoms with Crippen LogP contribution >= 0.6 is 0 Å². The van der Waals surface area contributed by atoms with Crippen molar-refractivity contribution in [3.05, 3.63) is 16.9 Å². The summed E-state index contributed by atoms with van der Waals surface area (Å²) in [5, 5.41) is 0. The maximum absolute atomic E-state index is 3.34. The molecule has 0 aromatic heterocycles. The molecule has 0 heteroatoms. The molecule has 1 rings (SSSR count). The Bertz CT molecular complexity index is 184. The molecule has 9 heavy (non-hydrogen) atoms. The van der Waals surface area contributed by atoms with E-state index in [1.807, 2.05) is 0 Å². The summed E-state index contributed by atoms with van der Waals surface area (Å²) in [5.41, 5.74) is 6.61. The van der Waals surface area contributed by atoms with Crippen molar-refractivity contribution >= 4 is 0 Å². The van der Waals surface area contributed by atoms with Crippen LogP contribution in [-0.2, 0) is 0 Å². The Labute approximate surface area is 57.3 Å². The lowest BCUT2D eigenvalue weighted by Gasteiger charge is -1.88. The zero-order valence-electron chi connectivity index (χ0n) is 6.71. The van der Waals surface area contributed by atoms with E-state index in [1.165, 1.54) is 17.6 Å². The molecule has 0 saturated heterocycles. The van der Waals surface area contributed by atoms with E-state index >= 15 is 0 Å². The van der Waals surface area contributed by atoms with Crippen molar-refractivity contribution in [3.63, 3.8) is 0 Å². The van der Waals surface area contributed by atoms with E-state index in [2.05, 4.69) is 33.4 Å². The number of hydrogen-bond acceptors (Lipinski definition) is 0. The SMILES string of the molecule is CC(C)=C=C1CC1(C)C. The summed E-state index contributed by atoms with van der Waals surface area (Å²) in [5.74, 6) is 0. The highest BCUT2D eigenvalue weighted by molar-refractivity contribution is 5.29. The average molecular weight is 122 g/mol. The van der Waals surface area contributed by atoms with Gasteiger partial charge in [-0.2, -0.15) is 0 Å². The summed E-state index contributed by atoms with van der Waals surface area (Å²) in [6.07, 6.45) is 1.25. The zero-order chi connectivity index (χ0) is 7.07. The molecule has 0 bridgehead atoms. The Hall–Kier alpha value is -0.480. The van der Waals surface area contributed by atoms with Gasteiger partial charge >= 0.3 is 0 Å². The number of rotatable bonds is 0. The molecule has 0 heterocycles. The Morgan fingerprint density at radius 3 is 2.00 bits per heavy atom. The van der Waals surface area contributed by atoms with Crippen LogP contribution in [0, 0.1) is 5.41 Å². The van der Waals surface area contributed by atoms with Crippen molar-refractivity contribution < 1.29 is 0 Å². The Morgan fingerprint density at radius 1 is 1.44 bits per heavy atom. The predicted molar refractivity (Wildman–Crippen MR) is 40.3 cm³/mol. The molecular weight excluding hydrogens is 108 g/mol. The normalized spacial score (nSPS) is 21.1. The van der Waals surface area contributed by atoms with Crippen LogP contribution in [0.15, 0.2) is 16.9 Å². The smallest absolute Gasteiger partial charge is 0.00251 e. The van der Waals surface area contributed by atoms with Gasteiger partial charge in [-0.3, -0.25) is 0 Å². The quantitative estimate of drug-likeness (QED) is 0.433. The highest BCUT2D eigenvalue weighted by atomic mass is 14.4. The lowest BCUT2D eigenvalue weighted by Crippen LogP contribution is -1.78. The molecule has 0 atom stereocenters. The van der Waals surface area contributed by atoms with Gasteiger partial charge in [-0.15, -0.1) is 5.73 Å². The molecular formula is C9H14. The molecule has 0 radical (unpaired) electrons. The van der Waals surface area contributed by atoms with Gasteiger partial charge in [-0.05, 0) is 36.8 Å². The van der Waals surface area contributed by atoms with Crippen LogP contribution in [0.1, 0.15) is 34.1 Å². The average Bonchev–Trinajstić information content (AvgIpc) is 2.10. The van der Waals surface area contributed by atoms with Gasteiger partial charge in [0.2, 0.25) is 0 Å². The van der Waals surface area contributed by atoms with E-state index in [0.29, 0.717) is 5.41 Å². The highest BCUT2D eigenvalue weighted by Crippen LogP contribution is 2.50. The van der Waals surface area contributed by atoms with Gasteiger partial charge in [0.1, 0.15) is 0 Å². The third-order valence-corrected chi connectivity index (χ3v) is 1.71. The van der Waals surface area contributed by atoms with Crippen LogP contribution in [0.5, 0.6) is 0 Å². The first kappa shape index (κ1) is 6.64. The molecule has 0 aromatic carbocycles. The van der Waals surface area contributed by atoms with Crippen molar-refractivity contribution in [1.29, 1.82) is 0 Å². The fourth-order valence-corrected chi connectivity index (χ4v) is 0.913. The van der Waals surface area contributed by atoms with E-state index in [4.69, 9.17) is 0 Å². The molecule has 0 nitrogen and oxygen atoms in total. The van der Waals surface area contributed by atoms with Gasteiger partial charge in [-0.1, -0.05) is 13.8 Å². The molecule has 1 saturated carbocycles. The summed E-state index contributed by atoms with van der Waals surface area (Å²) in [6, 6.07) is 0. The number of allylic oxidation sites excluding steroid dienone is 1. The van der Waals surface area contributed by atoms with Crippen molar-refractivity contribution in [2.75, 3.05) is 0 Å². The standard InChI is InChI=1S/C9H14/c1-7(2)5-8-6-9(8,3)4/h6H2,1-4H3. The maximum atomic E-state index is 3.34. The lowest BCUT2D eigenvalue weighted by atomic mass is 10.2. The van der Waals surface area contributed by atoms with E-state index < -0.39 is 0 Å². The van der Waals surface area contributed by atoms with Crippen LogP contribution in [0.25, 0.3) is 0 Å². The topological polar surface area (TPSA) is 0 Å². The molecule has 1 aliphatic rings. The van der Waals surface area contributed by atoms with Gasteiger partial charge in [0, 0.05) is 0 Å². The molecule has 0 spiro atoms. The largest absolute Gasteiger partial charge is 0.123 e. The molecule has 0 N–H and O–H groups in total. The van der Waals surface area contributed by atoms with Crippen molar-refractivity contribution in [3.8, 4) is 0 Å². The summed E-state index contributed by atoms with van der Waals surface area (Å²) in [7, 11) is 0. The molecule has 1 fully saturated rings. The van der Waals surface area contributed by atoms with E-state index in [-0.39, 0.29) is 0 Å². The zero-order valence-corrected chi connectivity index (χ0v) is 6.71. The first-order valence-electron chi connectivity index (χ1n) is 3.46. The number of hydrogen-bond donors (Lipinski definition) is 0. The van der Waals surface area contributed by atoms with Crippen LogP contribution in [0.3, 0.4) is 0 Å². The Balaban J connectivity index is 2.83. The van der Waals surface area contributed by atoms with Gasteiger partial charge in [0.05, 0.1) is 0 Å². The van der Waals surface area contributed by atoms with Crippen LogP contribution in [-0.4, -0.2) is 0 Å². The van der Waals surface area contributed by atoms with Crippen LogP contribution < -0.4 is 0 Å². The van der Waals surface area contributed by atoms with E-state index in [9.17, 15) is 0 Å². The minimum atomic E-state index is 0.483. The lowest BCUT2D eigenvalue weighted by molar-refractivity contribution is 0.686. The fraction of sp³-hybridized carbons (Fsp3) is 0.667. The monoisotopic (exact) mass is 122 g/mol. The molecule has 50 valence electrons. The summed E-state index contributed by atoms with van der Waals surface area (Å²) in [6.45, 7) is 8.72. The minimum Gasteiger partial charge on any atom is -0.123 e. The summed E-state index contributed by atoms with van der Waals surface area (Å²) < 4.78 is 0. The molecule has 0 aromatic rings. The summed E-state index contributed by atoms with van der Waals surface area (Å²) >= 11 is 0. The third-order valence-electron chi connectivity index (χ3n) is 1.71. The molecule has 1 aliphatic carbocycles. The second kappa shape index (κ2) is 1.75. The van der Waals surface area contributed by atoms with Gasteiger partial charge in [-0.25, -0.2) is 0 Å². The Kier molecular flexibility index (Phi) is 1.29. The van der Waals surface area contributed by atoms with Crippen molar-refractivity contribution in [1.82, 2.24) is 0 Å². The van der Waals surface area contributed by atoms with Gasteiger partial charge < -0.3 is 0 Å². The first-order valence-corrected chi connectivity index (χ1v) is 3.46. The van der Waals surface area contributed by atoms with Gasteiger partial charge in [0.25, 0.3) is 0 Å². The minimum absolute atomic E-state index is 0.483. The van der Waals surface area contributed by atoms with E-state index in [1.54, 1.807) is 0 Å². The fourth-order valence-electron chi connectivity index (χ4n) is 0.913. The van der Waals surface area contributed by atoms with Crippen molar-refractivity contribution in [2.24, 2.45) is 5.41 Å². The van der Waals surface area contributed by atoms with Crippen LogP contribution in [0.4, 0.5) is 0 Å². The van der Waals surface area contributed by atoms with Crippen LogP contribution in [0.2, 0.25) is 0 Å².